The summed E-state index contributed by atoms with van der Waals surface area (Å²) in [5.41, 5.74) is 8.54. The maximum Gasteiger partial charge on any atom is 0.142 e. The lowest BCUT2D eigenvalue weighted by molar-refractivity contribution is 0.130. The molecule has 0 bridgehead atoms. The van der Waals surface area contributed by atoms with Gasteiger partial charge in [-0.15, -0.1) is 0 Å². The van der Waals surface area contributed by atoms with E-state index < -0.39 is 0 Å². The number of benzene rings is 3. The molecule has 0 aliphatic heterocycles. The van der Waals surface area contributed by atoms with Crippen LogP contribution in [-0.2, 0) is 11.4 Å². The zero-order valence-corrected chi connectivity index (χ0v) is 18.7. The van der Waals surface area contributed by atoms with Gasteiger partial charge in [0.1, 0.15) is 6.61 Å². The number of rotatable bonds is 6. The van der Waals surface area contributed by atoms with E-state index in [9.17, 15) is 0 Å². The number of oxime groups is 1. The summed E-state index contributed by atoms with van der Waals surface area (Å²) in [4.78, 5) is 5.71. The number of aryl methyl sites for hydroxylation is 1. The Morgan fingerprint density at radius 2 is 1.65 bits per heavy atom. The SMILES string of the molecule is C/C(=N\OCc1ccccc1C)c1cc(-c2ccccc2)n(-c2cccc(Cl)c2)c1C. The quantitative estimate of drug-likeness (QED) is 0.233. The van der Waals surface area contributed by atoms with Gasteiger partial charge in [0.25, 0.3) is 0 Å². The van der Waals surface area contributed by atoms with Gasteiger partial charge in [0, 0.05) is 22.0 Å². The molecule has 0 fully saturated rings. The van der Waals surface area contributed by atoms with Crippen LogP contribution in [0.2, 0.25) is 5.02 Å². The minimum atomic E-state index is 0.448. The van der Waals surface area contributed by atoms with Gasteiger partial charge in [0.2, 0.25) is 0 Å². The fraction of sp³-hybridized carbons (Fsp3) is 0.148. The summed E-state index contributed by atoms with van der Waals surface area (Å²) in [5, 5.41) is 5.13. The molecule has 0 saturated carbocycles. The van der Waals surface area contributed by atoms with Gasteiger partial charge >= 0.3 is 0 Å². The monoisotopic (exact) mass is 428 g/mol. The van der Waals surface area contributed by atoms with Gasteiger partial charge in [-0.25, -0.2) is 0 Å². The third-order valence-electron chi connectivity index (χ3n) is 5.46. The smallest absolute Gasteiger partial charge is 0.142 e. The number of halogens is 1. The lowest BCUT2D eigenvalue weighted by Gasteiger charge is -2.13. The van der Waals surface area contributed by atoms with Gasteiger partial charge in [-0.05, 0) is 61.7 Å². The minimum Gasteiger partial charge on any atom is -0.391 e. The van der Waals surface area contributed by atoms with Crippen LogP contribution < -0.4 is 0 Å². The van der Waals surface area contributed by atoms with Crippen LogP contribution in [0.1, 0.15) is 29.3 Å². The molecule has 156 valence electrons. The van der Waals surface area contributed by atoms with Gasteiger partial charge < -0.3 is 9.40 Å². The zero-order chi connectivity index (χ0) is 21.8. The predicted molar refractivity (Wildman–Crippen MR) is 129 cm³/mol. The number of nitrogens with zero attached hydrogens (tertiary/aromatic N) is 2. The minimum absolute atomic E-state index is 0.448. The molecule has 0 radical (unpaired) electrons. The van der Waals surface area contributed by atoms with Gasteiger partial charge in [0.05, 0.1) is 11.4 Å². The molecule has 4 heteroatoms. The summed E-state index contributed by atoms with van der Waals surface area (Å²) < 4.78 is 2.22. The van der Waals surface area contributed by atoms with Crippen molar-refractivity contribution >= 4 is 17.3 Å². The van der Waals surface area contributed by atoms with Crippen LogP contribution in [0.5, 0.6) is 0 Å². The van der Waals surface area contributed by atoms with Crippen LogP contribution in [0.4, 0.5) is 0 Å². The highest BCUT2D eigenvalue weighted by Gasteiger charge is 2.17. The average molecular weight is 429 g/mol. The molecule has 0 unspecified atom stereocenters. The molecule has 0 N–H and O–H groups in total. The van der Waals surface area contributed by atoms with Gasteiger partial charge in [-0.1, -0.05) is 77.4 Å². The molecule has 1 heterocycles. The van der Waals surface area contributed by atoms with E-state index in [1.54, 1.807) is 0 Å². The maximum absolute atomic E-state index is 6.30. The van der Waals surface area contributed by atoms with Crippen LogP contribution in [0.25, 0.3) is 16.9 Å². The van der Waals surface area contributed by atoms with Crippen molar-refractivity contribution in [1.82, 2.24) is 4.57 Å². The predicted octanol–water partition coefficient (Wildman–Crippen LogP) is 7.36. The molecule has 0 atom stereocenters. The normalized spacial score (nSPS) is 11.5. The highest BCUT2D eigenvalue weighted by atomic mass is 35.5. The summed E-state index contributed by atoms with van der Waals surface area (Å²) in [7, 11) is 0. The Morgan fingerprint density at radius 3 is 2.39 bits per heavy atom. The van der Waals surface area contributed by atoms with Crippen LogP contribution in [0, 0.1) is 13.8 Å². The van der Waals surface area contributed by atoms with Crippen molar-refractivity contribution < 1.29 is 4.84 Å². The van der Waals surface area contributed by atoms with Gasteiger partial charge in [-0.2, -0.15) is 0 Å². The van der Waals surface area contributed by atoms with Crippen molar-refractivity contribution in [2.24, 2.45) is 5.16 Å². The molecule has 1 aromatic heterocycles. The van der Waals surface area contributed by atoms with E-state index in [4.69, 9.17) is 16.4 Å². The summed E-state index contributed by atoms with van der Waals surface area (Å²) in [6, 6.07) is 28.6. The maximum atomic E-state index is 6.30. The zero-order valence-electron chi connectivity index (χ0n) is 18.0. The van der Waals surface area contributed by atoms with Crippen molar-refractivity contribution in [1.29, 1.82) is 0 Å². The first-order valence-corrected chi connectivity index (χ1v) is 10.7. The van der Waals surface area contributed by atoms with E-state index in [1.165, 1.54) is 5.56 Å². The second-order valence-electron chi connectivity index (χ2n) is 7.59. The molecule has 0 amide bonds. The third-order valence-corrected chi connectivity index (χ3v) is 5.69. The van der Waals surface area contributed by atoms with Crippen molar-refractivity contribution in [3.8, 4) is 16.9 Å². The lowest BCUT2D eigenvalue weighted by Crippen LogP contribution is -2.02. The summed E-state index contributed by atoms with van der Waals surface area (Å²) in [5.74, 6) is 0. The van der Waals surface area contributed by atoms with E-state index >= 15 is 0 Å². The molecule has 3 aromatic carbocycles. The highest BCUT2D eigenvalue weighted by Crippen LogP contribution is 2.31. The Morgan fingerprint density at radius 1 is 0.903 bits per heavy atom. The molecule has 4 rings (SSSR count). The number of hydrogen-bond acceptors (Lipinski definition) is 2. The molecule has 4 aromatic rings. The Hall–Kier alpha value is -3.30. The van der Waals surface area contributed by atoms with Crippen molar-refractivity contribution in [3.05, 3.63) is 112 Å². The van der Waals surface area contributed by atoms with E-state index in [-0.39, 0.29) is 0 Å². The van der Waals surface area contributed by atoms with Crippen LogP contribution in [-0.4, -0.2) is 10.3 Å². The Balaban J connectivity index is 1.72. The van der Waals surface area contributed by atoms with Crippen molar-refractivity contribution in [2.45, 2.75) is 27.4 Å². The molecule has 3 nitrogen and oxygen atoms in total. The number of hydrogen-bond donors (Lipinski definition) is 0. The molecule has 31 heavy (non-hydrogen) atoms. The summed E-state index contributed by atoms with van der Waals surface area (Å²) in [6.07, 6.45) is 0. The fourth-order valence-corrected chi connectivity index (χ4v) is 3.95. The topological polar surface area (TPSA) is 26.5 Å². The number of aromatic nitrogens is 1. The Bertz CT molecular complexity index is 1230. The second-order valence-corrected chi connectivity index (χ2v) is 8.02. The van der Waals surface area contributed by atoms with Gasteiger partial charge in [0.15, 0.2) is 0 Å². The second kappa shape index (κ2) is 9.23. The van der Waals surface area contributed by atoms with Crippen molar-refractivity contribution in [2.75, 3.05) is 0 Å². The molecular formula is C27H25ClN2O. The largest absolute Gasteiger partial charge is 0.391 e. The van der Waals surface area contributed by atoms with E-state index in [0.717, 1.165) is 39.5 Å². The molecule has 0 saturated heterocycles. The molecule has 0 aliphatic rings. The first kappa shape index (κ1) is 21.0. The van der Waals surface area contributed by atoms with E-state index in [2.05, 4.69) is 60.0 Å². The summed E-state index contributed by atoms with van der Waals surface area (Å²) >= 11 is 6.30. The van der Waals surface area contributed by atoms with Crippen molar-refractivity contribution in [3.63, 3.8) is 0 Å². The van der Waals surface area contributed by atoms with E-state index in [1.807, 2.05) is 55.5 Å². The van der Waals surface area contributed by atoms with Crippen LogP contribution >= 0.6 is 11.6 Å². The first-order valence-electron chi connectivity index (χ1n) is 10.3. The van der Waals surface area contributed by atoms with Crippen LogP contribution in [0.3, 0.4) is 0 Å². The fourth-order valence-electron chi connectivity index (χ4n) is 3.76. The third kappa shape index (κ3) is 4.57. The molecule has 0 aliphatic carbocycles. The standard InChI is InChI=1S/C27H25ClN2O/c1-19-10-7-8-13-23(19)18-31-29-20(2)26-17-27(22-11-5-4-6-12-22)30(21(26)3)25-15-9-14-24(28)16-25/h4-17H,18H2,1-3H3/b29-20+. The average Bonchev–Trinajstić information content (AvgIpc) is 3.13. The van der Waals surface area contributed by atoms with Gasteiger partial charge in [-0.3, -0.25) is 0 Å². The Labute approximate surface area is 188 Å². The van der Waals surface area contributed by atoms with E-state index in [0.29, 0.717) is 11.6 Å². The summed E-state index contributed by atoms with van der Waals surface area (Å²) in [6.45, 7) is 6.61. The molecular weight excluding hydrogens is 404 g/mol. The molecule has 0 spiro atoms. The highest BCUT2D eigenvalue weighted by molar-refractivity contribution is 6.30. The van der Waals surface area contributed by atoms with Crippen LogP contribution in [0.15, 0.2) is 90.1 Å². The first-order chi connectivity index (χ1) is 15.0. The Kier molecular flexibility index (Phi) is 6.24. The lowest BCUT2D eigenvalue weighted by atomic mass is 10.1.